The smallest absolute Gasteiger partial charge is 0.326 e. The van der Waals surface area contributed by atoms with Crippen LogP contribution in [0.3, 0.4) is 0 Å². The molecule has 2 aromatic carbocycles. The maximum atomic E-state index is 12.5. The maximum Gasteiger partial charge on any atom is 0.326 e. The van der Waals surface area contributed by atoms with Gasteiger partial charge in [-0.05, 0) is 54.8 Å². The number of carbonyl (C=O) groups excluding carboxylic acids is 1. The second-order valence-electron chi connectivity index (χ2n) is 8.14. The zero-order valence-electron chi connectivity index (χ0n) is 19.3. The molecule has 1 heterocycles. The molecule has 7 N–H and O–H groups in total. The van der Waals surface area contributed by atoms with E-state index in [0.29, 0.717) is 30.4 Å². The number of amides is 1. The predicted molar refractivity (Wildman–Crippen MR) is 132 cm³/mol. The van der Waals surface area contributed by atoms with E-state index in [9.17, 15) is 29.4 Å². The highest BCUT2D eigenvalue weighted by Gasteiger charge is 2.22. The summed E-state index contributed by atoms with van der Waals surface area (Å²) in [6, 6.07) is 10.4. The molecule has 3 rings (SSSR count). The van der Waals surface area contributed by atoms with E-state index in [1.165, 1.54) is 12.1 Å². The molecule has 0 aliphatic heterocycles. The van der Waals surface area contributed by atoms with Crippen LogP contribution in [0.2, 0.25) is 0 Å². The van der Waals surface area contributed by atoms with E-state index in [4.69, 9.17) is 10.8 Å². The molecule has 1 atom stereocenters. The number of aromatic nitrogens is 2. The first-order valence-electron chi connectivity index (χ1n) is 11.2. The number of rotatable bonds is 12. The third-order valence-electron chi connectivity index (χ3n) is 5.49. The van der Waals surface area contributed by atoms with Gasteiger partial charge in [0.15, 0.2) is 0 Å². The van der Waals surface area contributed by atoms with Gasteiger partial charge in [-0.1, -0.05) is 6.07 Å². The number of aromatic amines is 1. The van der Waals surface area contributed by atoms with Gasteiger partial charge in [0, 0.05) is 37.4 Å². The average molecular weight is 498 g/mol. The van der Waals surface area contributed by atoms with Crippen LogP contribution in [0.5, 0.6) is 0 Å². The van der Waals surface area contributed by atoms with Gasteiger partial charge in [-0.25, -0.2) is 9.78 Å². The lowest BCUT2D eigenvalue weighted by Gasteiger charge is -2.25. The predicted octanol–water partition coefficient (Wildman–Crippen LogP) is 0.942. The van der Waals surface area contributed by atoms with Crippen molar-refractivity contribution in [3.63, 3.8) is 0 Å². The number of aliphatic carboxylic acids is 2. The number of nitrogen functional groups attached to an aromatic ring is 1. The molecular weight excluding hydrogens is 470 g/mol. The van der Waals surface area contributed by atoms with Crippen LogP contribution in [0.1, 0.15) is 35.2 Å². The van der Waals surface area contributed by atoms with E-state index in [0.717, 1.165) is 11.3 Å². The summed E-state index contributed by atoms with van der Waals surface area (Å²) in [6.45, 7) is 0.874. The number of carboxylic acids is 2. The van der Waals surface area contributed by atoms with E-state index >= 15 is 0 Å². The van der Waals surface area contributed by atoms with E-state index in [1.807, 2.05) is 11.0 Å². The molecule has 0 saturated heterocycles. The Hall–Kier alpha value is -4.45. The number of nitrogens with one attached hydrogen (secondary N) is 2. The number of carboxylic acid groups (broad SMARTS) is 2. The van der Waals surface area contributed by atoms with Crippen LogP contribution in [0, 0.1) is 0 Å². The standard InChI is InChI=1S/C24H27N5O7/c25-24-27-18-7-2-14(12-17(18)22(34)28-24)13-29(10-1-11-30)16-5-3-15(4-6-16)21(33)26-19(23(35)36)8-9-20(31)32/h2-7,12,19,30H,1,8-11,13H2,(H,26,33)(H,31,32)(H,35,36)(H3,25,27,28,34)/t19-/m0/s1. The number of hydrogen-bond acceptors (Lipinski definition) is 8. The highest BCUT2D eigenvalue weighted by Crippen LogP contribution is 2.20. The summed E-state index contributed by atoms with van der Waals surface area (Å²) in [5, 5.41) is 30.1. The minimum atomic E-state index is -1.32. The molecule has 0 unspecified atom stereocenters. The first-order valence-corrected chi connectivity index (χ1v) is 11.2. The lowest BCUT2D eigenvalue weighted by Crippen LogP contribution is -2.41. The Morgan fingerprint density at radius 3 is 2.47 bits per heavy atom. The molecule has 1 amide bonds. The van der Waals surface area contributed by atoms with Gasteiger partial charge < -0.3 is 31.3 Å². The summed E-state index contributed by atoms with van der Waals surface area (Å²) in [6.07, 6.45) is -0.140. The first-order chi connectivity index (χ1) is 17.2. The van der Waals surface area contributed by atoms with Gasteiger partial charge in [0.2, 0.25) is 5.95 Å². The quantitative estimate of drug-likeness (QED) is 0.209. The normalized spacial score (nSPS) is 11.7. The Morgan fingerprint density at radius 1 is 1.11 bits per heavy atom. The molecule has 0 aliphatic carbocycles. The summed E-state index contributed by atoms with van der Waals surface area (Å²) >= 11 is 0. The van der Waals surface area contributed by atoms with Crippen molar-refractivity contribution in [2.45, 2.75) is 31.8 Å². The van der Waals surface area contributed by atoms with E-state index < -0.39 is 23.9 Å². The van der Waals surface area contributed by atoms with Gasteiger partial charge in [-0.15, -0.1) is 0 Å². The number of aliphatic hydroxyl groups is 1. The molecule has 12 heteroatoms. The summed E-state index contributed by atoms with van der Waals surface area (Å²) in [5.41, 5.74) is 7.49. The van der Waals surface area contributed by atoms with Crippen molar-refractivity contribution in [2.24, 2.45) is 0 Å². The number of benzene rings is 2. The average Bonchev–Trinajstić information content (AvgIpc) is 2.84. The fraction of sp³-hybridized carbons (Fsp3) is 0.292. The van der Waals surface area contributed by atoms with Crippen molar-refractivity contribution in [2.75, 3.05) is 23.8 Å². The van der Waals surface area contributed by atoms with Gasteiger partial charge in [0.25, 0.3) is 11.5 Å². The molecule has 12 nitrogen and oxygen atoms in total. The maximum absolute atomic E-state index is 12.5. The lowest BCUT2D eigenvalue weighted by molar-refractivity contribution is -0.140. The van der Waals surface area contributed by atoms with Crippen molar-refractivity contribution < 1.29 is 29.7 Å². The molecule has 0 saturated carbocycles. The molecule has 0 fully saturated rings. The zero-order chi connectivity index (χ0) is 26.2. The number of nitrogens with zero attached hydrogens (tertiary/aromatic N) is 2. The van der Waals surface area contributed by atoms with Gasteiger partial charge >= 0.3 is 11.9 Å². The molecule has 3 aromatic rings. The van der Waals surface area contributed by atoms with Crippen LogP contribution < -0.4 is 21.5 Å². The van der Waals surface area contributed by atoms with Crippen LogP contribution in [0.4, 0.5) is 11.6 Å². The summed E-state index contributed by atoms with van der Waals surface area (Å²) in [7, 11) is 0. The second kappa shape index (κ2) is 11.8. The minimum Gasteiger partial charge on any atom is -0.481 e. The Bertz CT molecular complexity index is 1310. The van der Waals surface area contributed by atoms with Crippen LogP contribution >= 0.6 is 0 Å². The van der Waals surface area contributed by atoms with Crippen LogP contribution in [-0.4, -0.2) is 62.3 Å². The fourth-order valence-electron chi connectivity index (χ4n) is 3.67. The van der Waals surface area contributed by atoms with Gasteiger partial charge in [-0.2, -0.15) is 0 Å². The van der Waals surface area contributed by atoms with Crippen molar-refractivity contribution in [1.29, 1.82) is 0 Å². The number of nitrogens with two attached hydrogens (primary N) is 1. The van der Waals surface area contributed by atoms with Crippen LogP contribution in [0.25, 0.3) is 10.9 Å². The van der Waals surface area contributed by atoms with Gasteiger partial charge in [-0.3, -0.25) is 19.4 Å². The number of hydrogen-bond donors (Lipinski definition) is 6. The van der Waals surface area contributed by atoms with Crippen molar-refractivity contribution in [1.82, 2.24) is 15.3 Å². The summed E-state index contributed by atoms with van der Waals surface area (Å²) < 4.78 is 0. The molecule has 36 heavy (non-hydrogen) atoms. The van der Waals surface area contributed by atoms with E-state index in [-0.39, 0.29) is 36.5 Å². The molecule has 190 valence electrons. The number of fused-ring (bicyclic) bond motifs is 1. The lowest BCUT2D eigenvalue weighted by atomic mass is 10.1. The van der Waals surface area contributed by atoms with Crippen molar-refractivity contribution in [3.8, 4) is 0 Å². The molecule has 0 radical (unpaired) electrons. The third kappa shape index (κ3) is 6.79. The van der Waals surface area contributed by atoms with E-state index in [2.05, 4.69) is 15.3 Å². The summed E-state index contributed by atoms with van der Waals surface area (Å²) in [4.78, 5) is 55.4. The largest absolute Gasteiger partial charge is 0.481 e. The molecule has 1 aromatic heterocycles. The minimum absolute atomic E-state index is 0.0233. The number of anilines is 2. The number of aliphatic hydroxyl groups excluding tert-OH is 1. The molecule has 0 aliphatic rings. The molecule has 0 bridgehead atoms. The summed E-state index contributed by atoms with van der Waals surface area (Å²) in [5.74, 6) is -3.07. The first kappa shape index (κ1) is 26.2. The second-order valence-corrected chi connectivity index (χ2v) is 8.14. The highest BCUT2D eigenvalue weighted by atomic mass is 16.4. The van der Waals surface area contributed by atoms with Gasteiger partial charge in [0.1, 0.15) is 6.04 Å². The highest BCUT2D eigenvalue weighted by molar-refractivity contribution is 5.97. The van der Waals surface area contributed by atoms with E-state index in [1.54, 1.807) is 24.3 Å². The topological polar surface area (TPSA) is 199 Å². The number of H-pyrrole nitrogens is 1. The Balaban J connectivity index is 1.77. The van der Waals surface area contributed by atoms with Gasteiger partial charge in [0.05, 0.1) is 10.9 Å². The molecular formula is C24H27N5O7. The van der Waals surface area contributed by atoms with Crippen molar-refractivity contribution >= 4 is 40.4 Å². The SMILES string of the molecule is Nc1nc2ccc(CN(CCCO)c3ccc(C(=O)N[C@@H](CCC(=O)O)C(=O)O)cc3)cc2c(=O)[nH]1. The molecule has 0 spiro atoms. The monoisotopic (exact) mass is 497 g/mol. The Morgan fingerprint density at radius 2 is 1.83 bits per heavy atom. The number of carbonyl (C=O) groups is 3. The Labute approximate surface area is 205 Å². The van der Waals surface area contributed by atoms with Crippen molar-refractivity contribution in [3.05, 3.63) is 63.9 Å². The van der Waals surface area contributed by atoms with Crippen LogP contribution in [-0.2, 0) is 16.1 Å². The fourth-order valence-corrected chi connectivity index (χ4v) is 3.67. The van der Waals surface area contributed by atoms with Crippen LogP contribution in [0.15, 0.2) is 47.3 Å². The zero-order valence-corrected chi connectivity index (χ0v) is 19.3. The Kier molecular flexibility index (Phi) is 8.57. The third-order valence-corrected chi connectivity index (χ3v) is 5.49.